The molecule has 0 radical (unpaired) electrons. The topological polar surface area (TPSA) is 139 Å². The maximum Gasteiger partial charge on any atom is 0.305 e. The molecule has 0 bridgehead atoms. The first-order valence-electron chi connectivity index (χ1n) is 10.7. The molecule has 0 saturated heterocycles. The van der Waals surface area contributed by atoms with Gasteiger partial charge in [-0.05, 0) is 47.7 Å². The van der Waals surface area contributed by atoms with Crippen molar-refractivity contribution in [2.24, 2.45) is 11.7 Å². The molecule has 33 heavy (non-hydrogen) atoms. The smallest absolute Gasteiger partial charge is 0.305 e. The summed E-state index contributed by atoms with van der Waals surface area (Å²) >= 11 is 0. The van der Waals surface area contributed by atoms with Crippen LogP contribution in [0.25, 0.3) is 0 Å². The zero-order valence-electron chi connectivity index (χ0n) is 18.6. The van der Waals surface area contributed by atoms with Crippen molar-refractivity contribution in [1.82, 2.24) is 4.90 Å². The van der Waals surface area contributed by atoms with E-state index in [2.05, 4.69) is 0 Å². The minimum Gasteiger partial charge on any atom is -0.508 e. The maximum atomic E-state index is 13.4. The van der Waals surface area contributed by atoms with Crippen molar-refractivity contribution >= 4 is 17.8 Å². The molecular formula is C24H28N2O7. The van der Waals surface area contributed by atoms with Crippen LogP contribution in [-0.4, -0.2) is 45.7 Å². The van der Waals surface area contributed by atoms with Crippen LogP contribution in [0.15, 0.2) is 42.5 Å². The molecule has 176 valence electrons. The summed E-state index contributed by atoms with van der Waals surface area (Å²) in [6.07, 6.45) is -0.328. The van der Waals surface area contributed by atoms with Crippen molar-refractivity contribution in [3.63, 3.8) is 0 Å². The number of carboxylic acids is 1. The lowest BCUT2D eigenvalue weighted by molar-refractivity contribution is -0.150. The quantitative estimate of drug-likeness (QED) is 0.523. The molecule has 0 aromatic heterocycles. The average molecular weight is 456 g/mol. The Bertz CT molecular complexity index is 1020. The fourth-order valence-corrected chi connectivity index (χ4v) is 3.76. The number of aromatic hydroxyl groups is 1. The second-order valence-electron chi connectivity index (χ2n) is 8.41. The van der Waals surface area contributed by atoms with Crippen LogP contribution in [0, 0.1) is 5.92 Å². The maximum absolute atomic E-state index is 13.4. The van der Waals surface area contributed by atoms with Crippen molar-refractivity contribution in [1.29, 1.82) is 0 Å². The van der Waals surface area contributed by atoms with Gasteiger partial charge in [-0.15, -0.1) is 0 Å². The third kappa shape index (κ3) is 6.01. The summed E-state index contributed by atoms with van der Waals surface area (Å²) < 4.78 is 10.7. The van der Waals surface area contributed by atoms with E-state index in [0.29, 0.717) is 29.0 Å². The number of rotatable bonds is 9. The zero-order chi connectivity index (χ0) is 24.1. The van der Waals surface area contributed by atoms with Crippen LogP contribution in [0.2, 0.25) is 0 Å². The first kappa shape index (κ1) is 24.1. The second-order valence-corrected chi connectivity index (χ2v) is 8.41. The molecule has 3 rings (SSSR count). The highest BCUT2D eigenvalue weighted by Gasteiger charge is 2.36. The molecule has 1 aliphatic heterocycles. The van der Waals surface area contributed by atoms with Gasteiger partial charge in [-0.1, -0.05) is 32.0 Å². The normalized spacial score (nSPS) is 14.1. The molecule has 1 aliphatic rings. The monoisotopic (exact) mass is 456 g/mol. The second kappa shape index (κ2) is 10.4. The van der Waals surface area contributed by atoms with Crippen molar-refractivity contribution in [2.75, 3.05) is 6.79 Å². The largest absolute Gasteiger partial charge is 0.508 e. The molecule has 2 amide bonds. The minimum atomic E-state index is -1.18. The van der Waals surface area contributed by atoms with Crippen LogP contribution in [-0.2, 0) is 20.8 Å². The summed E-state index contributed by atoms with van der Waals surface area (Å²) in [4.78, 5) is 39.5. The van der Waals surface area contributed by atoms with Gasteiger partial charge in [0, 0.05) is 0 Å². The van der Waals surface area contributed by atoms with Crippen LogP contribution >= 0.6 is 0 Å². The molecule has 9 heteroatoms. The molecule has 9 nitrogen and oxygen atoms in total. The average Bonchev–Trinajstić information content (AvgIpc) is 3.22. The lowest BCUT2D eigenvalue weighted by Gasteiger charge is -2.32. The molecule has 0 spiro atoms. The van der Waals surface area contributed by atoms with Crippen LogP contribution in [0.4, 0.5) is 0 Å². The minimum absolute atomic E-state index is 0.0318. The molecule has 2 aromatic carbocycles. The molecule has 0 aliphatic carbocycles. The Kier molecular flexibility index (Phi) is 7.55. The van der Waals surface area contributed by atoms with E-state index in [1.807, 2.05) is 13.8 Å². The van der Waals surface area contributed by atoms with Gasteiger partial charge in [0.1, 0.15) is 5.75 Å². The number of imide groups is 1. The van der Waals surface area contributed by atoms with Crippen LogP contribution in [0.5, 0.6) is 17.2 Å². The molecule has 2 aromatic rings. The summed E-state index contributed by atoms with van der Waals surface area (Å²) in [6.45, 7) is 3.84. The number of phenolic OH excluding ortho intramolecular Hbond substituents is 1. The predicted octanol–water partition coefficient (Wildman–Crippen LogP) is 2.61. The fraction of sp³-hybridized carbons (Fsp3) is 0.375. The molecular weight excluding hydrogens is 428 g/mol. The van der Waals surface area contributed by atoms with Gasteiger partial charge in [0.2, 0.25) is 18.6 Å². The van der Waals surface area contributed by atoms with Gasteiger partial charge >= 0.3 is 5.97 Å². The fourth-order valence-electron chi connectivity index (χ4n) is 3.76. The van der Waals surface area contributed by atoms with Crippen LogP contribution in [0.3, 0.4) is 0 Å². The van der Waals surface area contributed by atoms with Crippen molar-refractivity contribution in [3.05, 3.63) is 53.6 Å². The number of nitrogens with two attached hydrogens (primary N) is 1. The Labute approximate surface area is 191 Å². The van der Waals surface area contributed by atoms with Crippen molar-refractivity contribution in [2.45, 2.75) is 45.2 Å². The predicted molar refractivity (Wildman–Crippen MR) is 119 cm³/mol. The first-order valence-corrected chi connectivity index (χ1v) is 10.7. The highest BCUT2D eigenvalue weighted by molar-refractivity contribution is 5.99. The molecule has 1 heterocycles. The number of ether oxygens (including phenoxy) is 2. The number of phenols is 1. The lowest BCUT2D eigenvalue weighted by atomic mass is 9.97. The summed E-state index contributed by atoms with van der Waals surface area (Å²) in [5, 5.41) is 19.1. The number of hydrogen-bond donors (Lipinski definition) is 3. The number of benzene rings is 2. The number of nitrogens with zero attached hydrogens (tertiary/aromatic N) is 1. The Morgan fingerprint density at radius 2 is 1.73 bits per heavy atom. The number of amides is 2. The molecule has 2 atom stereocenters. The van der Waals surface area contributed by atoms with Gasteiger partial charge in [0.25, 0.3) is 0 Å². The summed E-state index contributed by atoms with van der Waals surface area (Å²) in [5.74, 6) is -1.36. The Morgan fingerprint density at radius 1 is 1.06 bits per heavy atom. The number of carbonyl (C=O) groups excluding carboxylic acids is 2. The van der Waals surface area contributed by atoms with Gasteiger partial charge in [0.15, 0.2) is 11.5 Å². The van der Waals surface area contributed by atoms with Gasteiger partial charge in [-0.3, -0.25) is 19.3 Å². The van der Waals surface area contributed by atoms with E-state index in [1.54, 1.807) is 30.3 Å². The summed E-state index contributed by atoms with van der Waals surface area (Å²) in [5.41, 5.74) is 7.12. The van der Waals surface area contributed by atoms with E-state index in [1.165, 1.54) is 12.1 Å². The van der Waals surface area contributed by atoms with Gasteiger partial charge < -0.3 is 25.4 Å². The van der Waals surface area contributed by atoms with Crippen LogP contribution < -0.4 is 15.2 Å². The zero-order valence-corrected chi connectivity index (χ0v) is 18.6. The van der Waals surface area contributed by atoms with E-state index >= 15 is 0 Å². The molecule has 0 fully saturated rings. The van der Waals surface area contributed by atoms with E-state index < -0.39 is 36.3 Å². The first-order chi connectivity index (χ1) is 15.7. The molecule has 4 N–H and O–H groups in total. The van der Waals surface area contributed by atoms with E-state index in [9.17, 15) is 24.6 Å². The van der Waals surface area contributed by atoms with Gasteiger partial charge in [0.05, 0.1) is 24.9 Å². The summed E-state index contributed by atoms with van der Waals surface area (Å²) in [6, 6.07) is 8.76. The highest BCUT2D eigenvalue weighted by Crippen LogP contribution is 2.37. The number of fused-ring (bicyclic) bond motifs is 1. The number of aliphatic carboxylic acids is 1. The van der Waals surface area contributed by atoms with Gasteiger partial charge in [-0.25, -0.2) is 0 Å². The summed E-state index contributed by atoms with van der Waals surface area (Å²) in [7, 11) is 0. The third-order valence-corrected chi connectivity index (χ3v) is 5.30. The van der Waals surface area contributed by atoms with Gasteiger partial charge in [-0.2, -0.15) is 0 Å². The van der Waals surface area contributed by atoms with E-state index in [-0.39, 0.29) is 24.9 Å². The molecule has 2 unspecified atom stereocenters. The number of hydrogen-bond acceptors (Lipinski definition) is 7. The molecule has 0 saturated carbocycles. The van der Waals surface area contributed by atoms with Crippen molar-refractivity contribution < 1.29 is 34.1 Å². The lowest BCUT2D eigenvalue weighted by Crippen LogP contribution is -2.49. The SMILES string of the molecule is CC(C)CC(N)C(=O)N(C(=O)Cc1ccc(O)cc1)C(CC(=O)O)c1ccc2c(c1)OCO2. The Morgan fingerprint density at radius 3 is 2.36 bits per heavy atom. The standard InChI is InChI=1S/C24H28N2O7/c1-14(2)9-18(25)24(31)26(22(28)10-15-3-6-17(27)7-4-15)19(12-23(29)30)16-5-8-20-21(11-16)33-13-32-20/h3-8,11,14,18-19,27H,9-10,12-13,25H2,1-2H3,(H,29,30). The third-order valence-electron chi connectivity index (χ3n) is 5.30. The highest BCUT2D eigenvalue weighted by atomic mass is 16.7. The Balaban J connectivity index is 2.00. The number of carbonyl (C=O) groups is 3. The van der Waals surface area contributed by atoms with E-state index in [4.69, 9.17) is 15.2 Å². The van der Waals surface area contributed by atoms with Crippen molar-refractivity contribution in [3.8, 4) is 17.2 Å². The van der Waals surface area contributed by atoms with Crippen LogP contribution in [0.1, 0.15) is 43.9 Å². The number of carboxylic acid groups (broad SMARTS) is 1. The Hall–Kier alpha value is -3.59. The van der Waals surface area contributed by atoms with E-state index in [0.717, 1.165) is 4.90 Å².